The first-order valence-electron chi connectivity index (χ1n) is 12.0. The molecule has 0 spiro atoms. The Kier molecular flexibility index (Phi) is 9.27. The SMILES string of the molecule is Cc1cscc1C#Cc1cccc(CC(C)CCN2CCSC(=O)N2CCc2ccc(C(=O)O)s2)c1. The van der Waals surface area contributed by atoms with E-state index in [2.05, 4.69) is 65.7 Å². The minimum atomic E-state index is -0.901. The summed E-state index contributed by atoms with van der Waals surface area (Å²) in [6.07, 6.45) is 2.62. The zero-order chi connectivity index (χ0) is 25.5. The number of carboxylic acid groups (broad SMARTS) is 1. The predicted octanol–water partition coefficient (Wildman–Crippen LogP) is 6.41. The third-order valence-electron chi connectivity index (χ3n) is 6.16. The molecule has 0 radical (unpaired) electrons. The first-order valence-corrected chi connectivity index (χ1v) is 14.8. The normalized spacial score (nSPS) is 14.9. The van der Waals surface area contributed by atoms with Crippen LogP contribution < -0.4 is 0 Å². The van der Waals surface area contributed by atoms with E-state index in [1.807, 2.05) is 11.1 Å². The summed E-state index contributed by atoms with van der Waals surface area (Å²) in [5.41, 5.74) is 4.64. The van der Waals surface area contributed by atoms with Crippen LogP contribution in [0.4, 0.5) is 4.79 Å². The Hall–Kier alpha value is -2.57. The number of carboxylic acids is 1. The van der Waals surface area contributed by atoms with E-state index in [1.54, 1.807) is 17.4 Å². The van der Waals surface area contributed by atoms with Crippen LogP contribution in [0.15, 0.2) is 47.2 Å². The summed E-state index contributed by atoms with van der Waals surface area (Å²) in [5.74, 6) is 6.95. The van der Waals surface area contributed by atoms with Gasteiger partial charge in [0.1, 0.15) is 4.88 Å². The molecule has 0 saturated carbocycles. The Morgan fingerprint density at radius 1 is 1.17 bits per heavy atom. The van der Waals surface area contributed by atoms with Crippen LogP contribution in [0.2, 0.25) is 0 Å². The number of hydrogen-bond acceptors (Lipinski definition) is 6. The lowest BCUT2D eigenvalue weighted by atomic mass is 9.97. The summed E-state index contributed by atoms with van der Waals surface area (Å²) < 4.78 is 0. The first-order chi connectivity index (χ1) is 17.4. The molecular formula is C28H30N2O3S3. The Labute approximate surface area is 225 Å². The van der Waals surface area contributed by atoms with Gasteiger partial charge in [-0.1, -0.05) is 42.7 Å². The van der Waals surface area contributed by atoms with Gasteiger partial charge in [-0.15, -0.1) is 11.3 Å². The summed E-state index contributed by atoms with van der Waals surface area (Å²) in [7, 11) is 0. The molecule has 3 heterocycles. The molecule has 1 saturated heterocycles. The Balaban J connectivity index is 1.31. The van der Waals surface area contributed by atoms with Gasteiger partial charge in [0.2, 0.25) is 0 Å². The van der Waals surface area contributed by atoms with Crippen LogP contribution in [0.3, 0.4) is 0 Å². The third-order valence-corrected chi connectivity index (χ3v) is 9.00. The molecule has 1 aliphatic rings. The average molecular weight is 539 g/mol. The molecular weight excluding hydrogens is 509 g/mol. The van der Waals surface area contributed by atoms with Crippen molar-refractivity contribution in [3.05, 3.63) is 79.2 Å². The number of hydrogen-bond donors (Lipinski definition) is 1. The highest BCUT2D eigenvalue weighted by atomic mass is 32.2. The number of carbonyl (C=O) groups excluding carboxylic acids is 1. The van der Waals surface area contributed by atoms with Crippen LogP contribution in [0.25, 0.3) is 0 Å². The number of thiophene rings is 2. The molecule has 1 atom stereocenters. The minimum Gasteiger partial charge on any atom is -0.477 e. The molecule has 0 bridgehead atoms. The maximum atomic E-state index is 12.6. The number of thioether (sulfide) groups is 1. The van der Waals surface area contributed by atoms with Crippen LogP contribution in [0.1, 0.15) is 50.1 Å². The van der Waals surface area contributed by atoms with E-state index in [4.69, 9.17) is 5.11 Å². The van der Waals surface area contributed by atoms with Gasteiger partial charge in [-0.3, -0.25) is 9.80 Å². The molecule has 5 nitrogen and oxygen atoms in total. The van der Waals surface area contributed by atoms with Gasteiger partial charge in [-0.2, -0.15) is 11.3 Å². The van der Waals surface area contributed by atoms with Gasteiger partial charge in [-0.25, -0.2) is 9.80 Å². The smallest absolute Gasteiger partial charge is 0.345 e. The maximum absolute atomic E-state index is 12.6. The Bertz CT molecular complexity index is 1270. The van der Waals surface area contributed by atoms with Crippen molar-refractivity contribution in [3.8, 4) is 11.8 Å². The second-order valence-corrected chi connectivity index (χ2v) is 12.0. The zero-order valence-corrected chi connectivity index (χ0v) is 23.0. The van der Waals surface area contributed by atoms with E-state index in [1.165, 1.54) is 34.2 Å². The molecule has 36 heavy (non-hydrogen) atoms. The highest BCUT2D eigenvalue weighted by Gasteiger charge is 2.26. The quantitative estimate of drug-likeness (QED) is 0.319. The van der Waals surface area contributed by atoms with Gasteiger partial charge < -0.3 is 5.11 Å². The number of benzene rings is 1. The van der Waals surface area contributed by atoms with Crippen molar-refractivity contribution in [1.29, 1.82) is 0 Å². The Morgan fingerprint density at radius 3 is 2.78 bits per heavy atom. The summed E-state index contributed by atoms with van der Waals surface area (Å²) >= 11 is 4.33. The van der Waals surface area contributed by atoms with E-state index in [0.29, 0.717) is 23.8 Å². The van der Waals surface area contributed by atoms with Crippen LogP contribution >= 0.6 is 34.4 Å². The number of aryl methyl sites for hydroxylation is 1. The van der Waals surface area contributed by atoms with Crippen molar-refractivity contribution in [2.75, 3.05) is 25.4 Å². The lowest BCUT2D eigenvalue weighted by Gasteiger charge is -2.38. The van der Waals surface area contributed by atoms with Gasteiger partial charge in [0.05, 0.1) is 0 Å². The van der Waals surface area contributed by atoms with E-state index in [-0.39, 0.29) is 5.24 Å². The Morgan fingerprint density at radius 2 is 2.03 bits per heavy atom. The molecule has 4 rings (SSSR count). The van der Waals surface area contributed by atoms with Crippen LogP contribution in [-0.2, 0) is 12.8 Å². The number of aromatic carboxylic acids is 1. The number of hydrazine groups is 1. The third kappa shape index (κ3) is 7.23. The van der Waals surface area contributed by atoms with Crippen molar-refractivity contribution in [2.24, 2.45) is 5.92 Å². The van der Waals surface area contributed by atoms with Crippen LogP contribution in [0.5, 0.6) is 0 Å². The summed E-state index contributed by atoms with van der Waals surface area (Å²) in [4.78, 5) is 25.1. The molecule has 1 fully saturated rings. The summed E-state index contributed by atoms with van der Waals surface area (Å²) in [6.45, 7) is 6.60. The standard InChI is InChI=1S/C28H30N2O3S3/c1-20(16-23-5-3-4-22(17-23)6-7-24-19-34-18-21(24)2)10-12-29-14-15-35-28(33)30(29)13-11-25-8-9-26(36-25)27(31)32/h3-5,8-9,17-20H,10-16H2,1-2H3,(H,31,32). The van der Waals surface area contributed by atoms with Crippen molar-refractivity contribution in [2.45, 2.75) is 33.1 Å². The fraction of sp³-hybridized carbons (Fsp3) is 0.357. The molecule has 3 aromatic rings. The molecule has 1 amide bonds. The van der Waals surface area contributed by atoms with E-state index in [9.17, 15) is 9.59 Å². The van der Waals surface area contributed by atoms with Crippen molar-refractivity contribution >= 4 is 45.6 Å². The molecule has 2 aromatic heterocycles. The first kappa shape index (κ1) is 26.5. The molecule has 1 unspecified atom stereocenters. The van der Waals surface area contributed by atoms with E-state index >= 15 is 0 Å². The van der Waals surface area contributed by atoms with Crippen molar-refractivity contribution < 1.29 is 14.7 Å². The van der Waals surface area contributed by atoms with Crippen molar-refractivity contribution in [1.82, 2.24) is 10.0 Å². The van der Waals surface area contributed by atoms with Gasteiger partial charge in [-0.05, 0) is 66.5 Å². The monoisotopic (exact) mass is 538 g/mol. The molecule has 1 aromatic carbocycles. The number of amides is 1. The van der Waals surface area contributed by atoms with Crippen molar-refractivity contribution in [3.63, 3.8) is 0 Å². The second kappa shape index (κ2) is 12.6. The molecule has 1 N–H and O–H groups in total. The van der Waals surface area contributed by atoms with Gasteiger partial charge in [0.25, 0.3) is 5.24 Å². The maximum Gasteiger partial charge on any atom is 0.345 e. The van der Waals surface area contributed by atoms with E-state index in [0.717, 1.165) is 47.7 Å². The van der Waals surface area contributed by atoms with Crippen LogP contribution in [-0.4, -0.2) is 51.7 Å². The topological polar surface area (TPSA) is 60.9 Å². The lowest BCUT2D eigenvalue weighted by molar-refractivity contribution is 0.0241. The predicted molar refractivity (Wildman–Crippen MR) is 150 cm³/mol. The zero-order valence-electron chi connectivity index (χ0n) is 20.5. The summed E-state index contributed by atoms with van der Waals surface area (Å²) in [6, 6.07) is 12.0. The number of carbonyl (C=O) groups is 2. The fourth-order valence-corrected chi connectivity index (χ4v) is 6.58. The van der Waals surface area contributed by atoms with Gasteiger partial charge in [0.15, 0.2) is 0 Å². The van der Waals surface area contributed by atoms with Gasteiger partial charge in [0, 0.05) is 53.2 Å². The second-order valence-electron chi connectivity index (χ2n) is 9.03. The highest BCUT2D eigenvalue weighted by Crippen LogP contribution is 2.23. The molecule has 188 valence electrons. The highest BCUT2D eigenvalue weighted by molar-refractivity contribution is 8.13. The minimum absolute atomic E-state index is 0.0797. The average Bonchev–Trinajstić information content (AvgIpc) is 3.50. The molecule has 1 aliphatic heterocycles. The number of rotatable bonds is 9. The largest absolute Gasteiger partial charge is 0.477 e. The fourth-order valence-electron chi connectivity index (χ4n) is 4.14. The number of nitrogens with zero attached hydrogens (tertiary/aromatic N) is 2. The van der Waals surface area contributed by atoms with E-state index < -0.39 is 5.97 Å². The summed E-state index contributed by atoms with van der Waals surface area (Å²) in [5, 5.41) is 17.5. The van der Waals surface area contributed by atoms with Crippen LogP contribution in [0, 0.1) is 24.7 Å². The molecule has 8 heteroatoms. The van der Waals surface area contributed by atoms with Gasteiger partial charge >= 0.3 is 5.97 Å². The molecule has 0 aliphatic carbocycles. The lowest BCUT2D eigenvalue weighted by Crippen LogP contribution is -2.50.